The van der Waals surface area contributed by atoms with Crippen molar-refractivity contribution in [1.82, 2.24) is 10.2 Å². The first kappa shape index (κ1) is 14.8. The lowest BCUT2D eigenvalue weighted by Crippen LogP contribution is -2.47. The number of amides is 3. The molecule has 0 radical (unpaired) electrons. The number of benzene rings is 2. The van der Waals surface area contributed by atoms with Crippen molar-refractivity contribution in [3.8, 4) is 5.75 Å². The highest BCUT2D eigenvalue weighted by Gasteiger charge is 2.54. The molecule has 2 aromatic rings. The molecule has 4 rings (SSSR count). The number of nitrogens with zero attached hydrogens (tertiary/aromatic N) is 1. The maximum Gasteiger partial charge on any atom is 0.325 e. The average molecular weight is 322 g/mol. The van der Waals surface area contributed by atoms with Gasteiger partial charge < -0.3 is 10.1 Å². The molecule has 2 aliphatic rings. The summed E-state index contributed by atoms with van der Waals surface area (Å²) in [4.78, 5) is 26.9. The Labute approximate surface area is 140 Å². The Bertz CT molecular complexity index is 816. The van der Waals surface area contributed by atoms with Gasteiger partial charge in [-0.25, -0.2) is 4.79 Å². The standard InChI is InChI=1S/C19H18N2O3/c1-13-6-8-14(9-7-13)12-21-17(22)19(20-18(21)23)10-11-24-16-5-3-2-4-15(16)19/h2-9H,10-12H2,1H3,(H,20,23)/t19-/m0/s1. The van der Waals surface area contributed by atoms with Crippen molar-refractivity contribution in [2.24, 2.45) is 0 Å². The van der Waals surface area contributed by atoms with Gasteiger partial charge in [-0.15, -0.1) is 0 Å². The molecule has 1 saturated heterocycles. The van der Waals surface area contributed by atoms with Crippen molar-refractivity contribution < 1.29 is 14.3 Å². The molecule has 2 heterocycles. The van der Waals surface area contributed by atoms with Crippen LogP contribution in [0.1, 0.15) is 23.1 Å². The van der Waals surface area contributed by atoms with Crippen LogP contribution in [0.4, 0.5) is 4.79 Å². The van der Waals surface area contributed by atoms with Crippen molar-refractivity contribution in [3.63, 3.8) is 0 Å². The van der Waals surface area contributed by atoms with Gasteiger partial charge in [0.05, 0.1) is 13.2 Å². The lowest BCUT2D eigenvalue weighted by atomic mass is 9.84. The quantitative estimate of drug-likeness (QED) is 0.865. The zero-order chi connectivity index (χ0) is 16.7. The molecule has 5 heteroatoms. The predicted molar refractivity (Wildman–Crippen MR) is 88.5 cm³/mol. The van der Waals surface area contributed by atoms with Crippen LogP contribution < -0.4 is 10.1 Å². The zero-order valence-electron chi connectivity index (χ0n) is 13.4. The molecule has 2 aliphatic heterocycles. The first-order chi connectivity index (χ1) is 11.6. The summed E-state index contributed by atoms with van der Waals surface area (Å²) < 4.78 is 5.64. The molecular weight excluding hydrogens is 304 g/mol. The van der Waals surface area contributed by atoms with Gasteiger partial charge in [-0.1, -0.05) is 48.0 Å². The van der Waals surface area contributed by atoms with Crippen LogP contribution in [0.5, 0.6) is 5.75 Å². The summed E-state index contributed by atoms with van der Waals surface area (Å²) in [6.45, 7) is 2.68. The fraction of sp³-hybridized carbons (Fsp3) is 0.263. The van der Waals surface area contributed by atoms with Crippen molar-refractivity contribution in [3.05, 3.63) is 65.2 Å². The highest BCUT2D eigenvalue weighted by atomic mass is 16.5. The Morgan fingerprint density at radius 2 is 1.88 bits per heavy atom. The summed E-state index contributed by atoms with van der Waals surface area (Å²) in [6.07, 6.45) is 0.443. The van der Waals surface area contributed by atoms with E-state index in [9.17, 15) is 9.59 Å². The second-order valence-corrected chi connectivity index (χ2v) is 6.31. The summed E-state index contributed by atoms with van der Waals surface area (Å²) in [6, 6.07) is 14.9. The molecule has 1 fully saturated rings. The topological polar surface area (TPSA) is 58.6 Å². The number of hydrogen-bond acceptors (Lipinski definition) is 3. The largest absolute Gasteiger partial charge is 0.493 e. The summed E-state index contributed by atoms with van der Waals surface area (Å²) in [5, 5.41) is 2.91. The van der Waals surface area contributed by atoms with Crippen LogP contribution in [0.15, 0.2) is 48.5 Å². The number of imide groups is 1. The van der Waals surface area contributed by atoms with E-state index in [1.807, 2.05) is 55.5 Å². The SMILES string of the molecule is Cc1ccc(CN2C(=O)N[C@]3(CCOc4ccccc43)C2=O)cc1. The lowest BCUT2D eigenvalue weighted by Gasteiger charge is -2.33. The van der Waals surface area contributed by atoms with Gasteiger partial charge in [-0.2, -0.15) is 0 Å². The number of ether oxygens (including phenoxy) is 1. The Hall–Kier alpha value is -2.82. The predicted octanol–water partition coefficient (Wildman–Crippen LogP) is 2.72. The van der Waals surface area contributed by atoms with Crippen molar-refractivity contribution in [2.75, 3.05) is 6.61 Å². The summed E-state index contributed by atoms with van der Waals surface area (Å²) in [7, 11) is 0. The highest BCUT2D eigenvalue weighted by Crippen LogP contribution is 2.41. The number of hydrogen-bond donors (Lipinski definition) is 1. The Balaban J connectivity index is 1.68. The number of urea groups is 1. The van der Waals surface area contributed by atoms with E-state index in [2.05, 4.69) is 5.32 Å². The Morgan fingerprint density at radius 1 is 1.12 bits per heavy atom. The highest BCUT2D eigenvalue weighted by molar-refractivity contribution is 6.07. The molecule has 0 unspecified atom stereocenters. The molecular formula is C19H18N2O3. The third kappa shape index (κ3) is 2.16. The van der Waals surface area contributed by atoms with Crippen molar-refractivity contribution in [1.29, 1.82) is 0 Å². The number of carbonyl (C=O) groups excluding carboxylic acids is 2. The third-order valence-electron chi connectivity index (χ3n) is 4.72. The van der Waals surface area contributed by atoms with Crippen LogP contribution in [0, 0.1) is 6.92 Å². The minimum absolute atomic E-state index is 0.205. The van der Waals surface area contributed by atoms with E-state index in [1.54, 1.807) is 0 Å². The van der Waals surface area contributed by atoms with Crippen LogP contribution in [0.3, 0.4) is 0 Å². The van der Waals surface area contributed by atoms with Gasteiger partial charge in [-0.3, -0.25) is 9.69 Å². The Kier molecular flexibility index (Phi) is 3.30. The molecule has 5 nitrogen and oxygen atoms in total. The second kappa shape index (κ2) is 5.37. The van der Waals surface area contributed by atoms with E-state index in [0.717, 1.165) is 16.7 Å². The number of aryl methyl sites for hydroxylation is 1. The van der Waals surface area contributed by atoms with Crippen LogP contribution in [0.25, 0.3) is 0 Å². The lowest BCUT2D eigenvalue weighted by molar-refractivity contribution is -0.133. The molecule has 1 N–H and O–H groups in total. The van der Waals surface area contributed by atoms with E-state index in [4.69, 9.17) is 4.74 Å². The first-order valence-corrected chi connectivity index (χ1v) is 8.02. The van der Waals surface area contributed by atoms with E-state index in [0.29, 0.717) is 18.8 Å². The fourth-order valence-corrected chi connectivity index (χ4v) is 3.39. The van der Waals surface area contributed by atoms with Gasteiger partial charge in [0, 0.05) is 12.0 Å². The van der Waals surface area contributed by atoms with Crippen LogP contribution in [-0.4, -0.2) is 23.4 Å². The van der Waals surface area contributed by atoms with E-state index < -0.39 is 5.54 Å². The molecule has 2 aromatic carbocycles. The van der Waals surface area contributed by atoms with Crippen molar-refractivity contribution in [2.45, 2.75) is 25.4 Å². The van der Waals surface area contributed by atoms with E-state index >= 15 is 0 Å². The van der Waals surface area contributed by atoms with E-state index in [1.165, 1.54) is 4.90 Å². The minimum atomic E-state index is -1.00. The van der Waals surface area contributed by atoms with Crippen LogP contribution >= 0.6 is 0 Å². The summed E-state index contributed by atoms with van der Waals surface area (Å²) in [5.41, 5.74) is 1.81. The van der Waals surface area contributed by atoms with Gasteiger partial charge >= 0.3 is 6.03 Å². The number of fused-ring (bicyclic) bond motifs is 2. The monoisotopic (exact) mass is 322 g/mol. The minimum Gasteiger partial charge on any atom is -0.493 e. The number of rotatable bonds is 2. The molecule has 1 atom stereocenters. The molecule has 0 bridgehead atoms. The van der Waals surface area contributed by atoms with Gasteiger partial charge in [0.2, 0.25) is 0 Å². The molecule has 122 valence electrons. The summed E-state index contributed by atoms with van der Waals surface area (Å²) >= 11 is 0. The number of carbonyl (C=O) groups is 2. The normalized spacial score (nSPS) is 22.3. The zero-order valence-corrected chi connectivity index (χ0v) is 13.4. The Morgan fingerprint density at radius 3 is 2.67 bits per heavy atom. The molecule has 0 aliphatic carbocycles. The van der Waals surface area contributed by atoms with Gasteiger partial charge in [0.15, 0.2) is 5.54 Å². The fourth-order valence-electron chi connectivity index (χ4n) is 3.39. The van der Waals surface area contributed by atoms with Gasteiger partial charge in [0.1, 0.15) is 5.75 Å². The molecule has 3 amide bonds. The molecule has 1 spiro atoms. The number of nitrogens with one attached hydrogen (secondary N) is 1. The van der Waals surface area contributed by atoms with E-state index in [-0.39, 0.29) is 18.5 Å². The summed E-state index contributed by atoms with van der Waals surface area (Å²) in [5.74, 6) is 0.457. The van der Waals surface area contributed by atoms with Gasteiger partial charge in [-0.05, 0) is 18.6 Å². The smallest absolute Gasteiger partial charge is 0.325 e. The molecule has 0 saturated carbocycles. The average Bonchev–Trinajstić information content (AvgIpc) is 2.82. The van der Waals surface area contributed by atoms with Gasteiger partial charge in [0.25, 0.3) is 5.91 Å². The maximum absolute atomic E-state index is 13.1. The third-order valence-corrected chi connectivity index (χ3v) is 4.72. The maximum atomic E-state index is 13.1. The van der Waals surface area contributed by atoms with Crippen LogP contribution in [-0.2, 0) is 16.9 Å². The second-order valence-electron chi connectivity index (χ2n) is 6.31. The first-order valence-electron chi connectivity index (χ1n) is 8.02. The number of para-hydroxylation sites is 1. The van der Waals surface area contributed by atoms with Crippen LogP contribution in [0.2, 0.25) is 0 Å². The molecule has 24 heavy (non-hydrogen) atoms. The van der Waals surface area contributed by atoms with Crippen molar-refractivity contribution >= 4 is 11.9 Å². The molecule has 0 aromatic heterocycles.